The van der Waals surface area contributed by atoms with Gasteiger partial charge in [0.2, 0.25) is 5.91 Å². The van der Waals surface area contributed by atoms with Crippen LogP contribution in [0.25, 0.3) is 10.7 Å². The molecular formula is C14H18N4OS. The Morgan fingerprint density at radius 1 is 1.45 bits per heavy atom. The smallest absolute Gasteiger partial charge is 0.219 e. The first kappa shape index (κ1) is 14.6. The van der Waals surface area contributed by atoms with E-state index in [9.17, 15) is 4.79 Å². The molecule has 0 saturated heterocycles. The van der Waals surface area contributed by atoms with Gasteiger partial charge in [0.15, 0.2) is 0 Å². The van der Waals surface area contributed by atoms with Crippen LogP contribution in [0.3, 0.4) is 0 Å². The van der Waals surface area contributed by atoms with Crippen molar-refractivity contribution in [1.29, 1.82) is 0 Å². The number of primary amides is 1. The molecule has 0 fully saturated rings. The molecule has 0 atom stereocenters. The summed E-state index contributed by atoms with van der Waals surface area (Å²) in [5.74, 6) is -0.310. The van der Waals surface area contributed by atoms with Crippen molar-refractivity contribution in [3.05, 3.63) is 35.5 Å². The molecule has 0 unspecified atom stereocenters. The number of carbonyl (C=O) groups is 1. The van der Waals surface area contributed by atoms with Crippen molar-refractivity contribution in [2.45, 2.75) is 32.4 Å². The average molecular weight is 290 g/mol. The lowest BCUT2D eigenvalue weighted by atomic mass is 10.0. The molecule has 0 aliphatic heterocycles. The van der Waals surface area contributed by atoms with Gasteiger partial charge in [0.1, 0.15) is 5.01 Å². The number of hydrogen-bond acceptors (Lipinski definition) is 5. The predicted molar refractivity (Wildman–Crippen MR) is 80.1 cm³/mol. The van der Waals surface area contributed by atoms with Crippen molar-refractivity contribution in [1.82, 2.24) is 15.3 Å². The zero-order valence-electron chi connectivity index (χ0n) is 11.6. The van der Waals surface area contributed by atoms with Gasteiger partial charge in [0.25, 0.3) is 0 Å². The minimum Gasteiger partial charge on any atom is -0.370 e. The molecule has 1 amide bonds. The van der Waals surface area contributed by atoms with Gasteiger partial charge in [-0.05, 0) is 26.0 Å². The maximum atomic E-state index is 11.0. The van der Waals surface area contributed by atoms with Crippen molar-refractivity contribution in [2.75, 3.05) is 0 Å². The van der Waals surface area contributed by atoms with Gasteiger partial charge in [0.05, 0.1) is 11.4 Å². The van der Waals surface area contributed by atoms with E-state index in [-0.39, 0.29) is 11.4 Å². The lowest BCUT2D eigenvalue weighted by Crippen LogP contribution is -2.42. The summed E-state index contributed by atoms with van der Waals surface area (Å²) in [5, 5.41) is 6.19. The van der Waals surface area contributed by atoms with E-state index in [0.29, 0.717) is 13.0 Å². The molecule has 0 bridgehead atoms. The third kappa shape index (κ3) is 4.11. The van der Waals surface area contributed by atoms with E-state index >= 15 is 0 Å². The Labute approximate surface area is 122 Å². The molecule has 6 heteroatoms. The highest BCUT2D eigenvalue weighted by molar-refractivity contribution is 7.13. The highest BCUT2D eigenvalue weighted by Crippen LogP contribution is 2.21. The Hall–Kier alpha value is -1.79. The van der Waals surface area contributed by atoms with Gasteiger partial charge in [-0.15, -0.1) is 11.3 Å². The Balaban J connectivity index is 1.99. The Kier molecular flexibility index (Phi) is 4.46. The fourth-order valence-electron chi connectivity index (χ4n) is 1.82. The molecule has 5 nitrogen and oxygen atoms in total. The average Bonchev–Trinajstić information content (AvgIpc) is 2.85. The van der Waals surface area contributed by atoms with Crippen molar-refractivity contribution in [2.24, 2.45) is 5.73 Å². The summed E-state index contributed by atoms with van der Waals surface area (Å²) in [6.07, 6.45) is 2.05. The summed E-state index contributed by atoms with van der Waals surface area (Å²) in [6, 6.07) is 5.76. The van der Waals surface area contributed by atoms with Crippen LogP contribution in [0.4, 0.5) is 0 Å². The van der Waals surface area contributed by atoms with E-state index in [2.05, 4.69) is 15.3 Å². The van der Waals surface area contributed by atoms with Crippen LogP contribution in [0.5, 0.6) is 0 Å². The molecule has 3 N–H and O–H groups in total. The Morgan fingerprint density at radius 3 is 2.90 bits per heavy atom. The molecule has 2 rings (SSSR count). The standard InChI is InChI=1S/C14H18N4OS/c1-14(2,7-12(15)19)17-8-10-9-20-13(18-10)11-5-3-4-6-16-11/h3-6,9,17H,7-8H2,1-2H3,(H2,15,19). The van der Waals surface area contributed by atoms with Gasteiger partial charge in [-0.3, -0.25) is 9.78 Å². The van der Waals surface area contributed by atoms with Crippen LogP contribution >= 0.6 is 11.3 Å². The van der Waals surface area contributed by atoms with E-state index in [1.54, 1.807) is 17.5 Å². The first-order chi connectivity index (χ1) is 9.46. The number of thiazole rings is 1. The molecule has 0 spiro atoms. The maximum Gasteiger partial charge on any atom is 0.219 e. The SMILES string of the molecule is CC(C)(CC(N)=O)NCc1csc(-c2ccccn2)n1. The molecule has 20 heavy (non-hydrogen) atoms. The number of aromatic nitrogens is 2. The molecular weight excluding hydrogens is 272 g/mol. The lowest BCUT2D eigenvalue weighted by Gasteiger charge is -2.24. The highest BCUT2D eigenvalue weighted by atomic mass is 32.1. The van der Waals surface area contributed by atoms with Crippen LogP contribution < -0.4 is 11.1 Å². The number of pyridine rings is 1. The number of rotatable bonds is 6. The summed E-state index contributed by atoms with van der Waals surface area (Å²) in [5.41, 5.74) is 6.71. The van der Waals surface area contributed by atoms with Crippen LogP contribution in [0, 0.1) is 0 Å². The molecule has 2 heterocycles. The molecule has 2 aromatic rings. The van der Waals surface area contributed by atoms with Crippen LogP contribution in [-0.2, 0) is 11.3 Å². The molecule has 2 aromatic heterocycles. The van der Waals surface area contributed by atoms with Crippen LogP contribution in [0.2, 0.25) is 0 Å². The molecule has 106 valence electrons. The molecule has 0 saturated carbocycles. The molecule has 0 aliphatic carbocycles. The van der Waals surface area contributed by atoms with Crippen molar-refractivity contribution in [3.63, 3.8) is 0 Å². The first-order valence-corrected chi connectivity index (χ1v) is 7.23. The monoisotopic (exact) mass is 290 g/mol. The second kappa shape index (κ2) is 6.11. The topological polar surface area (TPSA) is 80.9 Å². The number of hydrogen-bond donors (Lipinski definition) is 2. The highest BCUT2D eigenvalue weighted by Gasteiger charge is 2.20. The van der Waals surface area contributed by atoms with Gasteiger partial charge >= 0.3 is 0 Å². The molecule has 0 radical (unpaired) electrons. The summed E-state index contributed by atoms with van der Waals surface area (Å²) in [6.45, 7) is 4.50. The van der Waals surface area contributed by atoms with Crippen molar-refractivity contribution >= 4 is 17.2 Å². The number of carbonyl (C=O) groups excluding carboxylic acids is 1. The Bertz CT molecular complexity index is 580. The van der Waals surface area contributed by atoms with Crippen LogP contribution in [-0.4, -0.2) is 21.4 Å². The zero-order valence-corrected chi connectivity index (χ0v) is 12.4. The van der Waals surface area contributed by atoms with E-state index in [0.717, 1.165) is 16.4 Å². The Morgan fingerprint density at radius 2 is 2.25 bits per heavy atom. The maximum absolute atomic E-state index is 11.0. The normalized spacial score (nSPS) is 11.5. The second-order valence-corrected chi connectivity index (χ2v) is 6.10. The van der Waals surface area contributed by atoms with Gasteiger partial charge in [-0.1, -0.05) is 6.07 Å². The van der Waals surface area contributed by atoms with Gasteiger partial charge in [-0.2, -0.15) is 0 Å². The van der Waals surface area contributed by atoms with E-state index in [1.165, 1.54) is 0 Å². The zero-order chi connectivity index (χ0) is 14.6. The van der Waals surface area contributed by atoms with Gasteiger partial charge in [0, 0.05) is 30.1 Å². The predicted octanol–water partition coefficient (Wildman–Crippen LogP) is 1.95. The summed E-state index contributed by atoms with van der Waals surface area (Å²) in [4.78, 5) is 19.8. The first-order valence-electron chi connectivity index (χ1n) is 6.35. The summed E-state index contributed by atoms with van der Waals surface area (Å²) in [7, 11) is 0. The van der Waals surface area contributed by atoms with Gasteiger partial charge in [-0.25, -0.2) is 4.98 Å². The molecule has 0 aromatic carbocycles. The fourth-order valence-corrected chi connectivity index (χ4v) is 2.62. The minimum absolute atomic E-state index is 0.296. The molecule has 0 aliphatic rings. The van der Waals surface area contributed by atoms with E-state index < -0.39 is 0 Å². The lowest BCUT2D eigenvalue weighted by molar-refractivity contribution is -0.119. The van der Waals surface area contributed by atoms with Crippen LogP contribution in [0.15, 0.2) is 29.8 Å². The van der Waals surface area contributed by atoms with E-state index in [1.807, 2.05) is 37.4 Å². The van der Waals surface area contributed by atoms with Crippen molar-refractivity contribution in [3.8, 4) is 10.7 Å². The van der Waals surface area contributed by atoms with Crippen LogP contribution in [0.1, 0.15) is 26.0 Å². The fraction of sp³-hybridized carbons (Fsp3) is 0.357. The number of amides is 1. The number of nitrogens with one attached hydrogen (secondary N) is 1. The van der Waals surface area contributed by atoms with Crippen molar-refractivity contribution < 1.29 is 4.79 Å². The number of nitrogens with two attached hydrogens (primary N) is 1. The summed E-state index contributed by atoms with van der Waals surface area (Å²) >= 11 is 1.56. The number of nitrogens with zero attached hydrogens (tertiary/aromatic N) is 2. The minimum atomic E-state index is -0.333. The quantitative estimate of drug-likeness (QED) is 0.852. The van der Waals surface area contributed by atoms with E-state index in [4.69, 9.17) is 5.73 Å². The van der Waals surface area contributed by atoms with Gasteiger partial charge < -0.3 is 11.1 Å². The third-order valence-corrected chi connectivity index (χ3v) is 3.71. The largest absolute Gasteiger partial charge is 0.370 e. The second-order valence-electron chi connectivity index (χ2n) is 5.24. The summed E-state index contributed by atoms with van der Waals surface area (Å²) < 4.78 is 0. The third-order valence-electron chi connectivity index (χ3n) is 2.80.